The monoisotopic (exact) mass is 405 g/mol. The molecule has 7 nitrogen and oxygen atoms in total. The number of pyridine rings is 1. The molecule has 150 valence electrons. The fourth-order valence-corrected chi connectivity index (χ4v) is 3.43. The number of carbonyl (C=O) groups excluding carboxylic acids is 1. The summed E-state index contributed by atoms with van der Waals surface area (Å²) >= 11 is 6.39. The van der Waals surface area contributed by atoms with Crippen LogP contribution in [0.25, 0.3) is 0 Å². The quantitative estimate of drug-likeness (QED) is 0.779. The summed E-state index contributed by atoms with van der Waals surface area (Å²) < 4.78 is 16.0. The van der Waals surface area contributed by atoms with Crippen LogP contribution in [-0.4, -0.2) is 50.2 Å². The fraction of sp³-hybridized carbons (Fsp3) is 0.400. The predicted molar refractivity (Wildman–Crippen MR) is 108 cm³/mol. The van der Waals surface area contributed by atoms with Crippen LogP contribution in [0.1, 0.15) is 29.6 Å². The average molecular weight is 406 g/mol. The van der Waals surface area contributed by atoms with E-state index in [1.165, 1.54) is 6.42 Å². The van der Waals surface area contributed by atoms with E-state index in [1.807, 2.05) is 4.90 Å². The largest absolute Gasteiger partial charge is 0.493 e. The van der Waals surface area contributed by atoms with Crippen molar-refractivity contribution in [1.82, 2.24) is 9.88 Å². The number of piperidine rings is 1. The van der Waals surface area contributed by atoms with Gasteiger partial charge in [0.05, 0.1) is 31.9 Å². The summed E-state index contributed by atoms with van der Waals surface area (Å²) in [5, 5.41) is 3.49. The lowest BCUT2D eigenvalue weighted by Gasteiger charge is -2.26. The molecular formula is C20H24ClN3O4. The first-order valence-electron chi connectivity index (χ1n) is 9.09. The van der Waals surface area contributed by atoms with Gasteiger partial charge in [-0.3, -0.25) is 4.79 Å². The molecule has 0 radical (unpaired) electrons. The van der Waals surface area contributed by atoms with Crippen LogP contribution in [0, 0.1) is 0 Å². The Kier molecular flexibility index (Phi) is 6.46. The van der Waals surface area contributed by atoms with Gasteiger partial charge in [-0.1, -0.05) is 11.6 Å². The maximum absolute atomic E-state index is 12.6. The normalized spacial score (nSPS) is 13.8. The molecule has 1 fully saturated rings. The first-order chi connectivity index (χ1) is 13.6. The molecule has 0 unspecified atom stereocenters. The van der Waals surface area contributed by atoms with E-state index >= 15 is 0 Å². The number of rotatable bonds is 6. The smallest absolute Gasteiger partial charge is 0.255 e. The van der Waals surface area contributed by atoms with Crippen LogP contribution in [0.4, 0.5) is 11.5 Å². The van der Waals surface area contributed by atoms with Crippen LogP contribution in [0.5, 0.6) is 17.2 Å². The molecule has 2 heterocycles. The second-order valence-corrected chi connectivity index (χ2v) is 6.85. The summed E-state index contributed by atoms with van der Waals surface area (Å²) in [7, 11) is 4.64. The number of halogens is 1. The number of aromatic nitrogens is 1. The highest BCUT2D eigenvalue weighted by Gasteiger charge is 2.20. The maximum Gasteiger partial charge on any atom is 0.255 e. The molecule has 1 aromatic heterocycles. The van der Waals surface area contributed by atoms with E-state index in [4.69, 9.17) is 25.8 Å². The minimum absolute atomic E-state index is 0.0339. The van der Waals surface area contributed by atoms with Gasteiger partial charge in [0.1, 0.15) is 5.82 Å². The summed E-state index contributed by atoms with van der Waals surface area (Å²) in [5.41, 5.74) is 1.15. The highest BCUT2D eigenvalue weighted by atomic mass is 35.5. The molecule has 1 aliphatic rings. The second-order valence-electron chi connectivity index (χ2n) is 6.45. The van der Waals surface area contributed by atoms with Gasteiger partial charge in [-0.05, 0) is 25.3 Å². The zero-order chi connectivity index (χ0) is 20.1. The van der Waals surface area contributed by atoms with E-state index in [0.717, 1.165) is 25.9 Å². The van der Waals surface area contributed by atoms with Crippen molar-refractivity contribution >= 4 is 29.0 Å². The van der Waals surface area contributed by atoms with E-state index in [2.05, 4.69) is 10.3 Å². The van der Waals surface area contributed by atoms with Crippen molar-refractivity contribution in [3.63, 3.8) is 0 Å². The summed E-state index contributed by atoms with van der Waals surface area (Å²) in [4.78, 5) is 18.8. The van der Waals surface area contributed by atoms with Crippen molar-refractivity contribution in [2.24, 2.45) is 0 Å². The molecule has 0 saturated carbocycles. The Morgan fingerprint density at radius 3 is 2.21 bits per heavy atom. The molecular weight excluding hydrogens is 382 g/mol. The topological polar surface area (TPSA) is 72.9 Å². The van der Waals surface area contributed by atoms with Crippen LogP contribution in [0.2, 0.25) is 5.02 Å². The summed E-state index contributed by atoms with van der Waals surface area (Å²) in [6.07, 6.45) is 4.78. The number of amides is 1. The standard InChI is InChI=1S/C20H24ClN3O4/c1-26-16-10-14(11-17(27-2)18(16)28-3)23-19-15(21)9-13(12-22-19)20(25)24-7-5-4-6-8-24/h9-12H,4-8H2,1-3H3,(H,22,23). The van der Waals surface area contributed by atoms with Gasteiger partial charge in [0, 0.05) is 37.1 Å². The Bertz CT molecular complexity index is 828. The Morgan fingerprint density at radius 1 is 1.04 bits per heavy atom. The Labute approximate surface area is 169 Å². The highest BCUT2D eigenvalue weighted by Crippen LogP contribution is 2.41. The third-order valence-corrected chi connectivity index (χ3v) is 4.95. The number of hydrogen-bond acceptors (Lipinski definition) is 6. The zero-order valence-corrected chi connectivity index (χ0v) is 17.0. The third-order valence-electron chi connectivity index (χ3n) is 4.66. The molecule has 1 saturated heterocycles. The SMILES string of the molecule is COc1cc(Nc2ncc(C(=O)N3CCCCC3)cc2Cl)cc(OC)c1OC. The van der Waals surface area contributed by atoms with Gasteiger partial charge in [0.2, 0.25) is 5.75 Å². The van der Waals surface area contributed by atoms with E-state index in [0.29, 0.717) is 39.3 Å². The average Bonchev–Trinajstić information content (AvgIpc) is 2.74. The van der Waals surface area contributed by atoms with Crippen LogP contribution in [-0.2, 0) is 0 Å². The number of likely N-dealkylation sites (tertiary alicyclic amines) is 1. The molecule has 28 heavy (non-hydrogen) atoms. The van der Waals surface area contributed by atoms with Crippen molar-refractivity contribution < 1.29 is 19.0 Å². The minimum atomic E-state index is -0.0339. The number of nitrogens with zero attached hydrogens (tertiary/aromatic N) is 2. The van der Waals surface area contributed by atoms with Crippen LogP contribution in [0.15, 0.2) is 24.4 Å². The molecule has 8 heteroatoms. The molecule has 0 spiro atoms. The van der Waals surface area contributed by atoms with Gasteiger partial charge < -0.3 is 24.4 Å². The van der Waals surface area contributed by atoms with Gasteiger partial charge in [0.25, 0.3) is 5.91 Å². The Hall–Kier alpha value is -2.67. The number of nitrogens with one attached hydrogen (secondary N) is 1. The molecule has 1 amide bonds. The van der Waals surface area contributed by atoms with Crippen LogP contribution >= 0.6 is 11.6 Å². The van der Waals surface area contributed by atoms with E-state index in [9.17, 15) is 4.79 Å². The third kappa shape index (κ3) is 4.25. The summed E-state index contributed by atoms with van der Waals surface area (Å²) in [5.74, 6) is 1.92. The molecule has 1 N–H and O–H groups in total. The summed E-state index contributed by atoms with van der Waals surface area (Å²) in [6.45, 7) is 1.56. The Balaban J connectivity index is 1.82. The Morgan fingerprint density at radius 2 is 1.68 bits per heavy atom. The first-order valence-corrected chi connectivity index (χ1v) is 9.47. The first kappa shape index (κ1) is 20.1. The number of hydrogen-bond donors (Lipinski definition) is 1. The number of benzene rings is 1. The fourth-order valence-electron chi connectivity index (χ4n) is 3.22. The lowest BCUT2D eigenvalue weighted by molar-refractivity contribution is 0.0724. The van der Waals surface area contributed by atoms with Crippen molar-refractivity contribution in [3.05, 3.63) is 35.0 Å². The van der Waals surface area contributed by atoms with Gasteiger partial charge >= 0.3 is 0 Å². The minimum Gasteiger partial charge on any atom is -0.493 e. The predicted octanol–water partition coefficient (Wildman–Crippen LogP) is 4.13. The van der Waals surface area contributed by atoms with Crippen molar-refractivity contribution in [2.45, 2.75) is 19.3 Å². The van der Waals surface area contributed by atoms with Gasteiger partial charge in [-0.15, -0.1) is 0 Å². The van der Waals surface area contributed by atoms with Crippen molar-refractivity contribution in [2.75, 3.05) is 39.7 Å². The van der Waals surface area contributed by atoms with Crippen molar-refractivity contribution in [3.8, 4) is 17.2 Å². The molecule has 3 rings (SSSR count). The van der Waals surface area contributed by atoms with Crippen LogP contribution < -0.4 is 19.5 Å². The molecule has 0 aliphatic carbocycles. The molecule has 0 atom stereocenters. The van der Waals surface area contributed by atoms with Crippen LogP contribution in [0.3, 0.4) is 0 Å². The second kappa shape index (κ2) is 9.01. The molecule has 1 aromatic carbocycles. The zero-order valence-electron chi connectivity index (χ0n) is 16.3. The highest BCUT2D eigenvalue weighted by molar-refractivity contribution is 6.33. The lowest BCUT2D eigenvalue weighted by Crippen LogP contribution is -2.35. The molecule has 0 bridgehead atoms. The number of carbonyl (C=O) groups is 1. The van der Waals surface area contributed by atoms with E-state index in [-0.39, 0.29) is 5.91 Å². The van der Waals surface area contributed by atoms with Crippen molar-refractivity contribution in [1.29, 1.82) is 0 Å². The number of anilines is 2. The van der Waals surface area contributed by atoms with Gasteiger partial charge in [-0.2, -0.15) is 0 Å². The number of methoxy groups -OCH3 is 3. The molecule has 2 aromatic rings. The maximum atomic E-state index is 12.6. The van der Waals surface area contributed by atoms with E-state index < -0.39 is 0 Å². The van der Waals surface area contributed by atoms with E-state index in [1.54, 1.807) is 45.7 Å². The summed E-state index contributed by atoms with van der Waals surface area (Å²) in [6, 6.07) is 5.16. The van der Waals surface area contributed by atoms with Gasteiger partial charge in [-0.25, -0.2) is 4.98 Å². The molecule has 1 aliphatic heterocycles. The van der Waals surface area contributed by atoms with Gasteiger partial charge in [0.15, 0.2) is 11.5 Å². The lowest BCUT2D eigenvalue weighted by atomic mass is 10.1. The number of ether oxygens (including phenoxy) is 3.